The van der Waals surface area contributed by atoms with Crippen molar-refractivity contribution in [3.05, 3.63) is 92.6 Å². The average molecular weight is 529 g/mol. The van der Waals surface area contributed by atoms with Crippen LogP contribution in [-0.4, -0.2) is 18.8 Å². The van der Waals surface area contributed by atoms with Gasteiger partial charge in [-0.3, -0.25) is 9.59 Å². The Morgan fingerprint density at radius 3 is 2.33 bits per heavy atom. The van der Waals surface area contributed by atoms with E-state index in [1.165, 1.54) is 0 Å². The molecular formula is C23H15Br2NO4. The van der Waals surface area contributed by atoms with E-state index in [0.717, 1.165) is 4.47 Å². The Morgan fingerprint density at radius 2 is 1.63 bits per heavy atom. The zero-order valence-corrected chi connectivity index (χ0v) is 18.9. The van der Waals surface area contributed by atoms with Crippen molar-refractivity contribution in [3.8, 4) is 5.75 Å². The third kappa shape index (κ3) is 3.91. The minimum atomic E-state index is -0.347. The maximum Gasteiger partial charge on any atom is 0.255 e. The Hall–Kier alpha value is -2.90. The fourth-order valence-electron chi connectivity index (χ4n) is 3.06. The number of benzene rings is 3. The maximum atomic E-state index is 13.2. The minimum absolute atomic E-state index is 0.0683. The zero-order chi connectivity index (χ0) is 21.3. The lowest BCUT2D eigenvalue weighted by molar-refractivity contribution is 0.101. The second-order valence-corrected chi connectivity index (χ2v) is 8.21. The van der Waals surface area contributed by atoms with Crippen molar-refractivity contribution in [1.82, 2.24) is 0 Å². The molecule has 0 saturated heterocycles. The molecule has 150 valence electrons. The molecule has 0 unspecified atom stereocenters. The van der Waals surface area contributed by atoms with Crippen LogP contribution in [-0.2, 0) is 0 Å². The first-order chi connectivity index (χ1) is 14.5. The van der Waals surface area contributed by atoms with Crippen LogP contribution in [0.2, 0.25) is 0 Å². The molecule has 0 saturated carbocycles. The fraction of sp³-hybridized carbons (Fsp3) is 0.0435. The van der Waals surface area contributed by atoms with Crippen LogP contribution in [0.25, 0.3) is 11.0 Å². The number of para-hydroxylation sites is 1. The quantitative estimate of drug-likeness (QED) is 0.302. The molecule has 0 aliphatic carbocycles. The molecule has 0 aliphatic heterocycles. The standard InChI is InChI=1S/C23H15Br2NO4/c1-29-19-11-8-14(12-17(19)25)21(27)22-20(16-4-2-3-5-18(16)30-22)26-23(28)13-6-9-15(24)10-7-13/h2-12H,1H3,(H,26,28). The Labute approximate surface area is 189 Å². The number of methoxy groups -OCH3 is 1. The number of hydrogen-bond acceptors (Lipinski definition) is 4. The molecule has 0 radical (unpaired) electrons. The van der Waals surface area contributed by atoms with Gasteiger partial charge in [0.05, 0.1) is 17.3 Å². The van der Waals surface area contributed by atoms with Crippen LogP contribution in [0.3, 0.4) is 0 Å². The van der Waals surface area contributed by atoms with Crippen LogP contribution >= 0.6 is 31.9 Å². The zero-order valence-electron chi connectivity index (χ0n) is 15.7. The van der Waals surface area contributed by atoms with Crippen molar-refractivity contribution in [3.63, 3.8) is 0 Å². The molecule has 1 amide bonds. The minimum Gasteiger partial charge on any atom is -0.496 e. The largest absolute Gasteiger partial charge is 0.496 e. The fourth-order valence-corrected chi connectivity index (χ4v) is 3.86. The first kappa shape index (κ1) is 20.4. The number of ketones is 1. The first-order valence-corrected chi connectivity index (χ1v) is 10.5. The van der Waals surface area contributed by atoms with E-state index in [1.807, 2.05) is 12.1 Å². The summed E-state index contributed by atoms with van der Waals surface area (Å²) in [6.07, 6.45) is 0. The van der Waals surface area contributed by atoms with Crippen molar-refractivity contribution in [2.75, 3.05) is 12.4 Å². The van der Waals surface area contributed by atoms with Gasteiger partial charge in [0.25, 0.3) is 5.91 Å². The van der Waals surface area contributed by atoms with Gasteiger partial charge >= 0.3 is 0 Å². The van der Waals surface area contributed by atoms with Crippen LogP contribution in [0.1, 0.15) is 26.5 Å². The van der Waals surface area contributed by atoms with Crippen molar-refractivity contribution >= 4 is 60.2 Å². The van der Waals surface area contributed by atoms with E-state index in [1.54, 1.807) is 61.7 Å². The highest BCUT2D eigenvalue weighted by Crippen LogP contribution is 2.34. The molecule has 30 heavy (non-hydrogen) atoms. The monoisotopic (exact) mass is 527 g/mol. The van der Waals surface area contributed by atoms with E-state index in [2.05, 4.69) is 37.2 Å². The highest BCUT2D eigenvalue weighted by atomic mass is 79.9. The summed E-state index contributed by atoms with van der Waals surface area (Å²) in [4.78, 5) is 26.1. The molecule has 0 atom stereocenters. The topological polar surface area (TPSA) is 68.5 Å². The molecule has 1 heterocycles. The molecule has 1 aromatic heterocycles. The molecule has 4 rings (SSSR count). The van der Waals surface area contributed by atoms with E-state index in [0.29, 0.717) is 38.0 Å². The molecule has 0 bridgehead atoms. The van der Waals surface area contributed by atoms with Crippen LogP contribution in [0.5, 0.6) is 5.75 Å². The van der Waals surface area contributed by atoms with Crippen LogP contribution in [0.4, 0.5) is 5.69 Å². The van der Waals surface area contributed by atoms with Crippen molar-refractivity contribution in [2.45, 2.75) is 0 Å². The molecular weight excluding hydrogens is 514 g/mol. The average Bonchev–Trinajstić information content (AvgIpc) is 3.12. The lowest BCUT2D eigenvalue weighted by Gasteiger charge is -2.08. The van der Waals surface area contributed by atoms with Gasteiger partial charge in [0.2, 0.25) is 5.78 Å². The highest BCUT2D eigenvalue weighted by molar-refractivity contribution is 9.10. The summed E-state index contributed by atoms with van der Waals surface area (Å²) in [7, 11) is 1.55. The number of carbonyl (C=O) groups excluding carboxylic acids is 2. The molecule has 0 spiro atoms. The number of hydrogen-bond donors (Lipinski definition) is 1. The smallest absolute Gasteiger partial charge is 0.255 e. The Bertz CT molecular complexity index is 1260. The van der Waals surface area contributed by atoms with Crippen molar-refractivity contribution in [1.29, 1.82) is 0 Å². The van der Waals surface area contributed by atoms with Gasteiger partial charge in [-0.05, 0) is 70.5 Å². The first-order valence-electron chi connectivity index (χ1n) is 8.94. The summed E-state index contributed by atoms with van der Waals surface area (Å²) in [5.41, 5.74) is 1.73. The van der Waals surface area contributed by atoms with E-state index >= 15 is 0 Å². The molecule has 1 N–H and O–H groups in total. The van der Waals surface area contributed by atoms with Gasteiger partial charge in [-0.2, -0.15) is 0 Å². The van der Waals surface area contributed by atoms with Gasteiger partial charge in [-0.1, -0.05) is 28.1 Å². The number of carbonyl (C=O) groups is 2. The van der Waals surface area contributed by atoms with E-state index in [-0.39, 0.29) is 17.5 Å². The number of fused-ring (bicyclic) bond motifs is 1. The lowest BCUT2D eigenvalue weighted by atomic mass is 10.1. The second-order valence-electron chi connectivity index (χ2n) is 6.44. The number of ether oxygens (including phenoxy) is 1. The molecule has 4 aromatic rings. The number of rotatable bonds is 5. The molecule has 0 aliphatic rings. The molecule has 7 heteroatoms. The second kappa shape index (κ2) is 8.45. The molecule has 3 aromatic carbocycles. The number of halogens is 2. The SMILES string of the molecule is COc1ccc(C(=O)c2oc3ccccc3c2NC(=O)c2ccc(Br)cc2)cc1Br. The predicted octanol–water partition coefficient (Wildman–Crippen LogP) is 6.45. The van der Waals surface area contributed by atoms with Gasteiger partial charge in [-0.15, -0.1) is 0 Å². The third-order valence-electron chi connectivity index (χ3n) is 4.56. The maximum absolute atomic E-state index is 13.2. The van der Waals surface area contributed by atoms with E-state index in [9.17, 15) is 9.59 Å². The van der Waals surface area contributed by atoms with Gasteiger partial charge in [0.15, 0.2) is 5.76 Å². The summed E-state index contributed by atoms with van der Waals surface area (Å²) in [6.45, 7) is 0. The van der Waals surface area contributed by atoms with E-state index in [4.69, 9.17) is 9.15 Å². The van der Waals surface area contributed by atoms with Gasteiger partial charge < -0.3 is 14.5 Å². The molecule has 5 nitrogen and oxygen atoms in total. The van der Waals surface area contributed by atoms with Crippen LogP contribution < -0.4 is 10.1 Å². The number of amides is 1. The summed E-state index contributed by atoms with van der Waals surface area (Å²) in [5, 5.41) is 3.50. The third-order valence-corrected chi connectivity index (χ3v) is 5.71. The van der Waals surface area contributed by atoms with Gasteiger partial charge in [-0.25, -0.2) is 0 Å². The van der Waals surface area contributed by atoms with Crippen molar-refractivity contribution < 1.29 is 18.7 Å². The number of anilines is 1. The summed E-state index contributed by atoms with van der Waals surface area (Å²) < 4.78 is 12.6. The molecule has 0 fully saturated rings. The summed E-state index contributed by atoms with van der Waals surface area (Å²) in [6, 6.07) is 19.2. The number of furan rings is 1. The van der Waals surface area contributed by atoms with E-state index < -0.39 is 0 Å². The van der Waals surface area contributed by atoms with Gasteiger partial charge in [0.1, 0.15) is 11.3 Å². The summed E-state index contributed by atoms with van der Waals surface area (Å²) in [5.74, 6) is -0.00155. The summed E-state index contributed by atoms with van der Waals surface area (Å²) >= 11 is 6.75. The Morgan fingerprint density at radius 1 is 0.933 bits per heavy atom. The normalized spacial score (nSPS) is 10.8. The highest BCUT2D eigenvalue weighted by Gasteiger charge is 2.24. The lowest BCUT2D eigenvalue weighted by Crippen LogP contribution is -2.14. The van der Waals surface area contributed by atoms with Crippen LogP contribution in [0, 0.1) is 0 Å². The van der Waals surface area contributed by atoms with Gasteiger partial charge in [0, 0.05) is 21.0 Å². The Kier molecular flexibility index (Phi) is 5.74. The van der Waals surface area contributed by atoms with Crippen LogP contribution in [0.15, 0.2) is 80.1 Å². The Balaban J connectivity index is 1.76. The predicted molar refractivity (Wildman–Crippen MR) is 122 cm³/mol. The number of nitrogens with one attached hydrogen (secondary N) is 1. The van der Waals surface area contributed by atoms with Crippen molar-refractivity contribution in [2.24, 2.45) is 0 Å².